The topological polar surface area (TPSA) is 61.8 Å². The van der Waals surface area contributed by atoms with E-state index in [1.54, 1.807) is 16.3 Å². The van der Waals surface area contributed by atoms with Crippen LogP contribution in [0.1, 0.15) is 40.2 Å². The average molecular weight is 396 g/mol. The molecule has 0 saturated carbocycles. The smallest absolute Gasteiger partial charge is 0.275 e. The highest BCUT2D eigenvalue weighted by molar-refractivity contribution is 7.10. The van der Waals surface area contributed by atoms with E-state index in [1.165, 1.54) is 18.3 Å². The van der Waals surface area contributed by atoms with Gasteiger partial charge in [-0.3, -0.25) is 9.59 Å². The van der Waals surface area contributed by atoms with Gasteiger partial charge in [-0.25, -0.2) is 5.01 Å². The summed E-state index contributed by atoms with van der Waals surface area (Å²) in [6.45, 7) is 1.48. The monoisotopic (exact) mass is 395 g/mol. The summed E-state index contributed by atoms with van der Waals surface area (Å²) in [5, 5.41) is 14.8. The molecule has 0 aliphatic carbocycles. The van der Waals surface area contributed by atoms with Gasteiger partial charge in [0, 0.05) is 34.9 Å². The van der Waals surface area contributed by atoms with Crippen molar-refractivity contribution in [2.45, 2.75) is 19.4 Å². The molecule has 2 amide bonds. The molecule has 2 aromatic heterocycles. The van der Waals surface area contributed by atoms with Crippen LogP contribution in [-0.2, 0) is 4.79 Å². The van der Waals surface area contributed by atoms with E-state index in [4.69, 9.17) is 0 Å². The first-order valence-corrected chi connectivity index (χ1v) is 10.3. The van der Waals surface area contributed by atoms with Crippen LogP contribution in [0.15, 0.2) is 63.7 Å². The van der Waals surface area contributed by atoms with E-state index in [2.05, 4.69) is 10.4 Å². The van der Waals surface area contributed by atoms with Crippen LogP contribution in [0.5, 0.6) is 0 Å². The van der Waals surface area contributed by atoms with Gasteiger partial charge in [0.2, 0.25) is 5.91 Å². The highest BCUT2D eigenvalue weighted by atomic mass is 32.1. The van der Waals surface area contributed by atoms with E-state index in [0.717, 1.165) is 16.2 Å². The van der Waals surface area contributed by atoms with Crippen LogP contribution in [-0.4, -0.2) is 22.5 Å². The van der Waals surface area contributed by atoms with Crippen molar-refractivity contribution >= 4 is 45.9 Å². The lowest BCUT2D eigenvalue weighted by molar-refractivity contribution is -0.114. The molecule has 0 radical (unpaired) electrons. The predicted octanol–water partition coefficient (Wildman–Crippen LogP) is 4.76. The number of thiophene rings is 2. The summed E-state index contributed by atoms with van der Waals surface area (Å²) in [6, 6.07) is 13.2. The summed E-state index contributed by atoms with van der Waals surface area (Å²) in [5.41, 5.74) is 2.98. The van der Waals surface area contributed by atoms with Crippen LogP contribution in [0.2, 0.25) is 0 Å². The fraction of sp³-hybridized carbons (Fsp3) is 0.150. The quantitative estimate of drug-likeness (QED) is 0.692. The molecule has 27 heavy (non-hydrogen) atoms. The van der Waals surface area contributed by atoms with Crippen LogP contribution >= 0.6 is 22.7 Å². The number of amides is 2. The first kappa shape index (κ1) is 17.6. The van der Waals surface area contributed by atoms with Crippen molar-refractivity contribution in [3.05, 3.63) is 74.6 Å². The zero-order valence-corrected chi connectivity index (χ0v) is 16.2. The number of para-hydroxylation sites is 1. The lowest BCUT2D eigenvalue weighted by atomic mass is 10.0. The lowest BCUT2D eigenvalue weighted by Crippen LogP contribution is -2.26. The largest absolute Gasteiger partial charge is 0.326 e. The van der Waals surface area contributed by atoms with Crippen molar-refractivity contribution in [1.82, 2.24) is 5.01 Å². The first-order valence-electron chi connectivity index (χ1n) is 8.47. The highest BCUT2D eigenvalue weighted by Gasteiger charge is 2.35. The maximum atomic E-state index is 13.0. The van der Waals surface area contributed by atoms with Gasteiger partial charge < -0.3 is 5.32 Å². The second kappa shape index (κ2) is 7.46. The first-order chi connectivity index (χ1) is 13.1. The fourth-order valence-electron chi connectivity index (χ4n) is 3.11. The Labute approximate surface area is 165 Å². The third-order valence-electron chi connectivity index (χ3n) is 4.31. The predicted molar refractivity (Wildman–Crippen MR) is 109 cm³/mol. The summed E-state index contributed by atoms with van der Waals surface area (Å²) >= 11 is 3.11. The van der Waals surface area contributed by atoms with E-state index in [9.17, 15) is 9.59 Å². The van der Waals surface area contributed by atoms with Crippen molar-refractivity contribution in [3.63, 3.8) is 0 Å². The molecule has 0 fully saturated rings. The standard InChI is InChI=1S/C20H17N3O2S2/c1-13(24)21-16-6-3-2-5-15(16)17-11-18(19-7-4-9-27-19)23(22-17)20(25)14-8-10-26-12-14/h2-10,12,18H,11H2,1H3,(H,21,24). The van der Waals surface area contributed by atoms with Gasteiger partial charge in [0.05, 0.1) is 17.3 Å². The fourth-order valence-corrected chi connectivity index (χ4v) is 4.56. The second-order valence-corrected chi connectivity index (χ2v) is 7.93. The van der Waals surface area contributed by atoms with Gasteiger partial charge in [-0.1, -0.05) is 24.3 Å². The average Bonchev–Trinajstić information content (AvgIpc) is 3.41. The molecule has 0 bridgehead atoms. The molecule has 1 atom stereocenters. The van der Waals surface area contributed by atoms with Crippen LogP contribution in [0, 0.1) is 0 Å². The molecule has 1 aliphatic rings. The summed E-state index contributed by atoms with van der Waals surface area (Å²) in [5.74, 6) is -0.247. The zero-order valence-electron chi connectivity index (χ0n) is 14.6. The van der Waals surface area contributed by atoms with Crippen molar-refractivity contribution in [2.24, 2.45) is 5.10 Å². The molecule has 1 aliphatic heterocycles. The Kier molecular flexibility index (Phi) is 4.87. The number of carbonyl (C=O) groups excluding carboxylic acids is 2. The SMILES string of the molecule is CC(=O)Nc1ccccc1C1=NN(C(=O)c2ccsc2)C(c2cccs2)C1. The van der Waals surface area contributed by atoms with Crippen molar-refractivity contribution in [3.8, 4) is 0 Å². The number of carbonyl (C=O) groups is 2. The minimum absolute atomic E-state index is 0.110. The van der Waals surface area contributed by atoms with E-state index in [-0.39, 0.29) is 17.9 Å². The highest BCUT2D eigenvalue weighted by Crippen LogP contribution is 2.37. The minimum atomic E-state index is -0.141. The van der Waals surface area contributed by atoms with E-state index < -0.39 is 0 Å². The Hall–Kier alpha value is -2.77. The van der Waals surface area contributed by atoms with Crippen LogP contribution in [0.4, 0.5) is 5.69 Å². The molecule has 136 valence electrons. The number of rotatable bonds is 4. The molecule has 7 heteroatoms. The van der Waals surface area contributed by atoms with E-state index >= 15 is 0 Å². The third-order valence-corrected chi connectivity index (χ3v) is 5.96. The molecule has 1 unspecified atom stereocenters. The number of hydrogen-bond acceptors (Lipinski definition) is 5. The zero-order chi connectivity index (χ0) is 18.8. The summed E-state index contributed by atoms with van der Waals surface area (Å²) in [6.07, 6.45) is 0.604. The second-order valence-electron chi connectivity index (χ2n) is 6.17. The minimum Gasteiger partial charge on any atom is -0.326 e. The Morgan fingerprint density at radius 3 is 2.70 bits per heavy atom. The third kappa shape index (κ3) is 3.56. The Morgan fingerprint density at radius 1 is 1.15 bits per heavy atom. The summed E-state index contributed by atoms with van der Waals surface area (Å²) in [4.78, 5) is 25.7. The molecular formula is C20H17N3O2S2. The lowest BCUT2D eigenvalue weighted by Gasteiger charge is -2.20. The van der Waals surface area contributed by atoms with Crippen LogP contribution < -0.4 is 5.32 Å². The van der Waals surface area contributed by atoms with Gasteiger partial charge in [0.1, 0.15) is 0 Å². The number of benzene rings is 1. The normalized spacial score (nSPS) is 16.3. The molecule has 1 N–H and O–H groups in total. The summed E-state index contributed by atoms with van der Waals surface area (Å²) < 4.78 is 0. The molecule has 3 aromatic rings. The Morgan fingerprint density at radius 2 is 2.00 bits per heavy atom. The maximum absolute atomic E-state index is 13.0. The van der Waals surface area contributed by atoms with Crippen molar-refractivity contribution < 1.29 is 9.59 Å². The van der Waals surface area contributed by atoms with Crippen LogP contribution in [0.3, 0.4) is 0 Å². The number of hydrazone groups is 1. The van der Waals surface area contributed by atoms with Gasteiger partial charge in [0.15, 0.2) is 0 Å². The Bertz CT molecular complexity index is 994. The van der Waals surface area contributed by atoms with Gasteiger partial charge in [-0.05, 0) is 29.0 Å². The molecule has 5 nitrogen and oxygen atoms in total. The van der Waals surface area contributed by atoms with E-state index in [1.807, 2.05) is 58.6 Å². The number of anilines is 1. The number of hydrogen-bond donors (Lipinski definition) is 1. The van der Waals surface area contributed by atoms with Gasteiger partial charge in [0.25, 0.3) is 5.91 Å². The number of nitrogens with zero attached hydrogens (tertiary/aromatic N) is 2. The van der Waals surface area contributed by atoms with Crippen molar-refractivity contribution in [2.75, 3.05) is 5.32 Å². The Balaban J connectivity index is 1.73. The van der Waals surface area contributed by atoms with E-state index in [0.29, 0.717) is 17.7 Å². The molecule has 0 saturated heterocycles. The molecule has 3 heterocycles. The molecule has 0 spiro atoms. The van der Waals surface area contributed by atoms with Gasteiger partial charge >= 0.3 is 0 Å². The summed E-state index contributed by atoms with van der Waals surface area (Å²) in [7, 11) is 0. The molecule has 4 rings (SSSR count). The molecular weight excluding hydrogens is 378 g/mol. The van der Waals surface area contributed by atoms with Crippen LogP contribution in [0.25, 0.3) is 0 Å². The van der Waals surface area contributed by atoms with Gasteiger partial charge in [-0.15, -0.1) is 11.3 Å². The van der Waals surface area contributed by atoms with Gasteiger partial charge in [-0.2, -0.15) is 16.4 Å². The van der Waals surface area contributed by atoms with Crippen molar-refractivity contribution in [1.29, 1.82) is 0 Å². The number of nitrogens with one attached hydrogen (secondary N) is 1. The molecule has 1 aromatic carbocycles. The maximum Gasteiger partial charge on any atom is 0.275 e.